The lowest BCUT2D eigenvalue weighted by atomic mass is 10.1. The van der Waals surface area contributed by atoms with Gasteiger partial charge in [-0.05, 0) is 32.1 Å². The Morgan fingerprint density at radius 2 is 1.59 bits per heavy atom. The van der Waals surface area contributed by atoms with E-state index in [0.29, 0.717) is 6.42 Å². The number of aliphatic hydroxyl groups excluding tert-OH is 1. The van der Waals surface area contributed by atoms with Crippen LogP contribution in [0.2, 0.25) is 0 Å². The van der Waals surface area contributed by atoms with Crippen molar-refractivity contribution in [2.24, 2.45) is 0 Å². The van der Waals surface area contributed by atoms with Gasteiger partial charge in [-0.2, -0.15) is 0 Å². The smallest absolute Gasteiger partial charge is 0.303 e. The average Bonchev–Trinajstić information content (AvgIpc) is 2.45. The molecule has 22 heavy (non-hydrogen) atoms. The number of carboxylic acid groups (broad SMARTS) is 1. The van der Waals surface area contributed by atoms with E-state index >= 15 is 0 Å². The van der Waals surface area contributed by atoms with E-state index in [1.165, 1.54) is 25.7 Å². The van der Waals surface area contributed by atoms with Gasteiger partial charge in [-0.25, -0.2) is 0 Å². The Bertz CT molecular complexity index is 264. The van der Waals surface area contributed by atoms with Crippen LogP contribution in [-0.4, -0.2) is 27.8 Å². The first-order valence-electron chi connectivity index (χ1n) is 8.71. The Morgan fingerprint density at radius 1 is 0.955 bits per heavy atom. The summed E-state index contributed by atoms with van der Waals surface area (Å²) in [7, 11) is 0. The molecule has 1 atom stereocenters. The molecule has 0 aromatic carbocycles. The summed E-state index contributed by atoms with van der Waals surface area (Å²) in [5.41, 5.74) is 0. The minimum atomic E-state index is -0.689. The first kappa shape index (κ1) is 23.4. The first-order valence-corrected chi connectivity index (χ1v) is 8.71. The second-order valence-electron chi connectivity index (χ2n) is 5.91. The fourth-order valence-electron chi connectivity index (χ4n) is 2.36. The monoisotopic (exact) mass is 315 g/mol. The molecule has 1 radical (unpaired) electrons. The van der Waals surface area contributed by atoms with E-state index in [-0.39, 0.29) is 11.6 Å². The molecule has 0 spiro atoms. The van der Waals surface area contributed by atoms with Crippen molar-refractivity contribution in [2.75, 3.05) is 0 Å². The molecule has 0 bridgehead atoms. The maximum atomic E-state index is 10.3. The van der Waals surface area contributed by atoms with Gasteiger partial charge in [0.2, 0.25) is 0 Å². The van der Waals surface area contributed by atoms with E-state index in [2.05, 4.69) is 19.1 Å². The van der Waals surface area contributed by atoms with Crippen LogP contribution < -0.4 is 0 Å². The van der Waals surface area contributed by atoms with Crippen molar-refractivity contribution in [3.63, 3.8) is 0 Å². The Labute approximate surface area is 135 Å². The van der Waals surface area contributed by atoms with Gasteiger partial charge >= 0.3 is 5.97 Å². The number of hydrogen-bond donors (Lipinski definition) is 3. The topological polar surface area (TPSA) is 87.5 Å². The summed E-state index contributed by atoms with van der Waals surface area (Å²) in [6, 6.07) is 0. The molecule has 0 saturated carbocycles. The van der Waals surface area contributed by atoms with Gasteiger partial charge in [0.15, 0.2) is 0 Å². The fourth-order valence-corrected chi connectivity index (χ4v) is 2.36. The maximum absolute atomic E-state index is 10.3. The third-order valence-corrected chi connectivity index (χ3v) is 3.73. The molecule has 131 valence electrons. The second kappa shape index (κ2) is 18.2. The Morgan fingerprint density at radius 3 is 2.27 bits per heavy atom. The highest BCUT2D eigenvalue weighted by Crippen LogP contribution is 2.10. The summed E-state index contributed by atoms with van der Waals surface area (Å²) < 4.78 is 0. The predicted octanol–water partition coefficient (Wildman–Crippen LogP) is 4.90. The van der Waals surface area contributed by atoms with Crippen molar-refractivity contribution in [1.29, 1.82) is 0 Å². The lowest BCUT2D eigenvalue weighted by Crippen LogP contribution is -2.04. The molecule has 4 heteroatoms. The third-order valence-electron chi connectivity index (χ3n) is 3.73. The van der Waals surface area contributed by atoms with Crippen LogP contribution in [0.15, 0.2) is 12.2 Å². The van der Waals surface area contributed by atoms with E-state index in [1.54, 1.807) is 0 Å². The Kier molecular flexibility index (Phi) is 19.3. The molecule has 0 aromatic rings. The molecule has 0 aliphatic heterocycles. The van der Waals surface area contributed by atoms with E-state index in [9.17, 15) is 9.90 Å². The average molecular weight is 315 g/mol. The van der Waals surface area contributed by atoms with Crippen LogP contribution in [0.5, 0.6) is 0 Å². The molecule has 0 amide bonds. The predicted molar refractivity (Wildman–Crippen MR) is 90.4 cm³/mol. The highest BCUT2D eigenvalue weighted by Gasteiger charge is 2.00. The van der Waals surface area contributed by atoms with Crippen LogP contribution in [0.25, 0.3) is 0 Å². The normalized spacial score (nSPS) is 12.3. The molecule has 0 aromatic heterocycles. The number of hydrogen-bond acceptors (Lipinski definition) is 2. The molecule has 0 fully saturated rings. The van der Waals surface area contributed by atoms with Crippen molar-refractivity contribution in [3.8, 4) is 0 Å². The zero-order valence-electron chi connectivity index (χ0n) is 14.2. The molecule has 3 N–H and O–H groups in total. The van der Waals surface area contributed by atoms with Gasteiger partial charge in [0.05, 0.1) is 6.10 Å². The van der Waals surface area contributed by atoms with E-state index < -0.39 is 5.97 Å². The van der Waals surface area contributed by atoms with Crippen LogP contribution in [0.1, 0.15) is 90.4 Å². The molecular weight excluding hydrogens is 280 g/mol. The summed E-state index contributed by atoms with van der Waals surface area (Å²) >= 11 is 0. The SMILES string of the molecule is CCCCCC[C@@H](O)C/C=C\CCCCCCCC(=O)O.[OH]. The van der Waals surface area contributed by atoms with Gasteiger partial charge in [0, 0.05) is 6.42 Å². The minimum absolute atomic E-state index is 0. The minimum Gasteiger partial charge on any atom is -0.481 e. The van der Waals surface area contributed by atoms with Gasteiger partial charge in [-0.15, -0.1) is 0 Å². The Balaban J connectivity index is 0. The number of aliphatic carboxylic acids is 1. The summed E-state index contributed by atoms with van der Waals surface area (Å²) in [4.78, 5) is 10.3. The number of rotatable bonds is 15. The number of aliphatic hydroxyl groups is 1. The van der Waals surface area contributed by atoms with Crippen LogP contribution in [0, 0.1) is 0 Å². The van der Waals surface area contributed by atoms with Crippen LogP contribution in [0.3, 0.4) is 0 Å². The van der Waals surface area contributed by atoms with Gasteiger partial charge in [-0.1, -0.05) is 64.0 Å². The van der Waals surface area contributed by atoms with Crippen molar-refractivity contribution in [2.45, 2.75) is 96.5 Å². The molecule has 4 nitrogen and oxygen atoms in total. The quantitative estimate of drug-likeness (QED) is 0.296. The van der Waals surface area contributed by atoms with Gasteiger partial charge in [0.25, 0.3) is 0 Å². The molecule has 0 aliphatic rings. The van der Waals surface area contributed by atoms with Gasteiger partial charge < -0.3 is 10.2 Å². The summed E-state index contributed by atoms with van der Waals surface area (Å²) in [5.74, 6) is -0.689. The molecule has 0 aliphatic carbocycles. The number of allylic oxidation sites excluding steroid dienone is 1. The van der Waals surface area contributed by atoms with Crippen LogP contribution in [-0.2, 0) is 4.79 Å². The zero-order chi connectivity index (χ0) is 15.8. The first-order chi connectivity index (χ1) is 10.2. The fraction of sp³-hybridized carbons (Fsp3) is 0.833. The number of unbranched alkanes of at least 4 members (excludes halogenated alkanes) is 8. The zero-order valence-corrected chi connectivity index (χ0v) is 14.2. The van der Waals surface area contributed by atoms with Crippen LogP contribution in [0.4, 0.5) is 0 Å². The van der Waals surface area contributed by atoms with E-state index in [1.807, 2.05) is 0 Å². The molecule has 0 saturated heterocycles. The Hall–Kier alpha value is -0.870. The van der Waals surface area contributed by atoms with Gasteiger partial charge in [0.1, 0.15) is 0 Å². The lowest BCUT2D eigenvalue weighted by molar-refractivity contribution is -0.137. The molecule has 0 heterocycles. The number of carboxylic acids is 1. The molecule has 0 unspecified atom stereocenters. The number of carbonyl (C=O) groups is 1. The maximum Gasteiger partial charge on any atom is 0.303 e. The largest absolute Gasteiger partial charge is 0.481 e. The van der Waals surface area contributed by atoms with Crippen LogP contribution >= 0.6 is 0 Å². The van der Waals surface area contributed by atoms with Crippen molar-refractivity contribution in [1.82, 2.24) is 0 Å². The van der Waals surface area contributed by atoms with Crippen molar-refractivity contribution in [3.05, 3.63) is 12.2 Å². The summed E-state index contributed by atoms with van der Waals surface area (Å²) in [6.07, 6.45) is 17.4. The van der Waals surface area contributed by atoms with E-state index in [4.69, 9.17) is 5.11 Å². The summed E-state index contributed by atoms with van der Waals surface area (Å²) in [6.45, 7) is 2.20. The second-order valence-corrected chi connectivity index (χ2v) is 5.91. The van der Waals surface area contributed by atoms with Crippen molar-refractivity contribution >= 4 is 5.97 Å². The van der Waals surface area contributed by atoms with Crippen molar-refractivity contribution < 1.29 is 20.5 Å². The third kappa shape index (κ3) is 19.1. The lowest BCUT2D eigenvalue weighted by Gasteiger charge is -2.07. The molecular formula is C18H35O4. The highest BCUT2D eigenvalue weighted by atomic mass is 16.4. The van der Waals surface area contributed by atoms with E-state index in [0.717, 1.165) is 51.4 Å². The summed E-state index contributed by atoms with van der Waals surface area (Å²) in [5, 5.41) is 18.3. The highest BCUT2D eigenvalue weighted by molar-refractivity contribution is 5.66. The van der Waals surface area contributed by atoms with Gasteiger partial charge in [-0.3, -0.25) is 10.3 Å². The molecule has 0 rings (SSSR count). The standard InChI is InChI=1S/C18H34O3.HO/c1-2-3-4-11-14-17(19)15-12-9-7-5-6-8-10-13-16-18(20)21;/h9,12,17,19H,2-8,10-11,13-16H2,1H3,(H,20,21);1H/b12-9-;/t17-;/m1./s1.